The van der Waals surface area contributed by atoms with Crippen LogP contribution in [0, 0.1) is 6.92 Å². The van der Waals surface area contributed by atoms with Crippen LogP contribution in [0.3, 0.4) is 0 Å². The molecule has 0 fully saturated rings. The fraction of sp³-hybridized carbons (Fsp3) is 0.375. The molecule has 0 spiro atoms. The predicted molar refractivity (Wildman–Crippen MR) is 86.3 cm³/mol. The van der Waals surface area contributed by atoms with Gasteiger partial charge < -0.3 is 15.0 Å². The van der Waals surface area contributed by atoms with Crippen LogP contribution in [-0.2, 0) is 4.74 Å². The zero-order chi connectivity index (χ0) is 15.1. The van der Waals surface area contributed by atoms with Gasteiger partial charge in [0.2, 0.25) is 0 Å². The Morgan fingerprint density at radius 3 is 2.62 bits per heavy atom. The van der Waals surface area contributed by atoms with Gasteiger partial charge in [0.1, 0.15) is 17.5 Å². The third kappa shape index (κ3) is 4.16. The molecule has 0 saturated heterocycles. The molecule has 0 amide bonds. The van der Waals surface area contributed by atoms with Crippen LogP contribution >= 0.6 is 0 Å². The molecule has 5 heteroatoms. The highest BCUT2D eigenvalue weighted by atomic mass is 16.5. The number of hydrogen-bond acceptors (Lipinski definition) is 5. The highest BCUT2D eigenvalue weighted by molar-refractivity contribution is 5.62. The SMILES string of the molecule is CCN(c1ccccc1)c1cc(NCCOC)nc(C)n1. The van der Waals surface area contributed by atoms with Crippen LogP contribution in [0.4, 0.5) is 17.3 Å². The summed E-state index contributed by atoms with van der Waals surface area (Å²) in [6, 6.07) is 12.2. The average molecular weight is 286 g/mol. The Balaban J connectivity index is 2.25. The third-order valence-corrected chi connectivity index (χ3v) is 3.10. The second-order valence-electron chi connectivity index (χ2n) is 4.66. The second kappa shape index (κ2) is 7.59. The third-order valence-electron chi connectivity index (χ3n) is 3.10. The zero-order valence-corrected chi connectivity index (χ0v) is 12.8. The lowest BCUT2D eigenvalue weighted by atomic mass is 10.3. The summed E-state index contributed by atoms with van der Waals surface area (Å²) in [6.45, 7) is 6.24. The Morgan fingerprint density at radius 2 is 1.95 bits per heavy atom. The van der Waals surface area contributed by atoms with E-state index in [0.717, 1.165) is 36.2 Å². The van der Waals surface area contributed by atoms with E-state index in [9.17, 15) is 0 Å². The number of rotatable bonds is 7. The van der Waals surface area contributed by atoms with Gasteiger partial charge in [-0.15, -0.1) is 0 Å². The van der Waals surface area contributed by atoms with E-state index < -0.39 is 0 Å². The van der Waals surface area contributed by atoms with Crippen LogP contribution in [-0.4, -0.2) is 36.8 Å². The Bertz CT molecular complexity index is 559. The number of aryl methyl sites for hydroxylation is 1. The maximum atomic E-state index is 5.05. The van der Waals surface area contributed by atoms with Gasteiger partial charge in [0, 0.05) is 32.0 Å². The standard InChI is InChI=1S/C16H22N4O/c1-4-20(14-8-6-5-7-9-14)16-12-15(17-10-11-21-3)18-13(2)19-16/h5-9,12H,4,10-11H2,1-3H3,(H,17,18,19). The molecule has 2 rings (SSSR count). The molecule has 21 heavy (non-hydrogen) atoms. The Morgan fingerprint density at radius 1 is 1.19 bits per heavy atom. The zero-order valence-electron chi connectivity index (χ0n) is 12.8. The fourth-order valence-electron chi connectivity index (χ4n) is 2.15. The minimum Gasteiger partial charge on any atom is -0.383 e. The molecule has 0 bridgehead atoms. The fourth-order valence-corrected chi connectivity index (χ4v) is 2.15. The minimum absolute atomic E-state index is 0.647. The summed E-state index contributed by atoms with van der Waals surface area (Å²) >= 11 is 0. The smallest absolute Gasteiger partial charge is 0.138 e. The first-order valence-corrected chi connectivity index (χ1v) is 7.15. The Hall–Kier alpha value is -2.14. The molecule has 0 aliphatic heterocycles. The average Bonchev–Trinajstić information content (AvgIpc) is 2.49. The lowest BCUT2D eigenvalue weighted by Gasteiger charge is -2.23. The number of anilines is 3. The van der Waals surface area contributed by atoms with Crippen LogP contribution in [0.25, 0.3) is 0 Å². The first kappa shape index (κ1) is 15.3. The number of benzene rings is 1. The second-order valence-corrected chi connectivity index (χ2v) is 4.66. The van der Waals surface area contributed by atoms with Crippen LogP contribution in [0.2, 0.25) is 0 Å². The maximum absolute atomic E-state index is 5.05. The highest BCUT2D eigenvalue weighted by Gasteiger charge is 2.10. The van der Waals surface area contributed by atoms with Crippen molar-refractivity contribution in [1.29, 1.82) is 0 Å². The molecule has 0 radical (unpaired) electrons. The van der Waals surface area contributed by atoms with Gasteiger partial charge in [-0.05, 0) is 26.0 Å². The highest BCUT2D eigenvalue weighted by Crippen LogP contribution is 2.24. The van der Waals surface area contributed by atoms with E-state index in [2.05, 4.69) is 39.2 Å². The molecule has 0 aliphatic rings. The summed E-state index contributed by atoms with van der Waals surface area (Å²) in [4.78, 5) is 11.1. The van der Waals surface area contributed by atoms with E-state index in [-0.39, 0.29) is 0 Å². The van der Waals surface area contributed by atoms with Crippen molar-refractivity contribution in [2.24, 2.45) is 0 Å². The van der Waals surface area contributed by atoms with Crippen molar-refractivity contribution in [2.45, 2.75) is 13.8 Å². The summed E-state index contributed by atoms with van der Waals surface area (Å²) in [5.41, 5.74) is 1.13. The molecule has 112 valence electrons. The number of ether oxygens (including phenoxy) is 1. The van der Waals surface area contributed by atoms with E-state index in [1.54, 1.807) is 7.11 Å². The monoisotopic (exact) mass is 286 g/mol. The summed E-state index contributed by atoms with van der Waals surface area (Å²) in [5, 5.41) is 3.25. The van der Waals surface area contributed by atoms with Gasteiger partial charge in [0.25, 0.3) is 0 Å². The molecule has 0 atom stereocenters. The van der Waals surface area contributed by atoms with E-state index in [1.807, 2.05) is 31.2 Å². The summed E-state index contributed by atoms with van der Waals surface area (Å²) in [5.74, 6) is 2.47. The molecule has 0 saturated carbocycles. The van der Waals surface area contributed by atoms with Crippen molar-refractivity contribution in [1.82, 2.24) is 9.97 Å². The van der Waals surface area contributed by atoms with Gasteiger partial charge >= 0.3 is 0 Å². The van der Waals surface area contributed by atoms with Crippen LogP contribution in [0.15, 0.2) is 36.4 Å². The number of aromatic nitrogens is 2. The number of nitrogens with zero attached hydrogens (tertiary/aromatic N) is 3. The lowest BCUT2D eigenvalue weighted by molar-refractivity contribution is 0.210. The molecule has 1 aromatic heterocycles. The molecule has 0 unspecified atom stereocenters. The Kier molecular flexibility index (Phi) is 5.51. The van der Waals surface area contributed by atoms with Gasteiger partial charge in [-0.25, -0.2) is 9.97 Å². The molecular formula is C16H22N4O. The van der Waals surface area contributed by atoms with Crippen LogP contribution < -0.4 is 10.2 Å². The molecule has 1 aromatic carbocycles. The van der Waals surface area contributed by atoms with Crippen LogP contribution in [0.5, 0.6) is 0 Å². The van der Waals surface area contributed by atoms with Crippen molar-refractivity contribution < 1.29 is 4.74 Å². The van der Waals surface area contributed by atoms with Crippen molar-refractivity contribution in [3.8, 4) is 0 Å². The first-order chi connectivity index (χ1) is 10.2. The van der Waals surface area contributed by atoms with E-state index in [0.29, 0.717) is 6.61 Å². The summed E-state index contributed by atoms with van der Waals surface area (Å²) in [7, 11) is 1.69. The van der Waals surface area contributed by atoms with Crippen molar-refractivity contribution in [3.05, 3.63) is 42.2 Å². The van der Waals surface area contributed by atoms with E-state index >= 15 is 0 Å². The number of para-hydroxylation sites is 1. The van der Waals surface area contributed by atoms with Gasteiger partial charge in [-0.1, -0.05) is 18.2 Å². The Labute approximate surface area is 126 Å². The molecule has 1 N–H and O–H groups in total. The van der Waals surface area contributed by atoms with Gasteiger partial charge in [0.05, 0.1) is 6.61 Å². The molecule has 2 aromatic rings. The largest absolute Gasteiger partial charge is 0.383 e. The van der Waals surface area contributed by atoms with Gasteiger partial charge in [-0.3, -0.25) is 0 Å². The van der Waals surface area contributed by atoms with Crippen LogP contribution in [0.1, 0.15) is 12.7 Å². The molecular weight excluding hydrogens is 264 g/mol. The summed E-state index contributed by atoms with van der Waals surface area (Å²) < 4.78 is 5.05. The number of methoxy groups -OCH3 is 1. The van der Waals surface area contributed by atoms with Crippen molar-refractivity contribution in [3.63, 3.8) is 0 Å². The number of hydrogen-bond donors (Lipinski definition) is 1. The topological polar surface area (TPSA) is 50.3 Å². The number of nitrogens with one attached hydrogen (secondary N) is 1. The van der Waals surface area contributed by atoms with E-state index in [1.165, 1.54) is 0 Å². The van der Waals surface area contributed by atoms with Gasteiger partial charge in [-0.2, -0.15) is 0 Å². The molecule has 5 nitrogen and oxygen atoms in total. The first-order valence-electron chi connectivity index (χ1n) is 7.15. The van der Waals surface area contributed by atoms with E-state index in [4.69, 9.17) is 4.74 Å². The normalized spacial score (nSPS) is 10.4. The minimum atomic E-state index is 0.647. The predicted octanol–water partition coefficient (Wildman–Crippen LogP) is 3.00. The van der Waals surface area contributed by atoms with Crippen molar-refractivity contribution in [2.75, 3.05) is 37.0 Å². The van der Waals surface area contributed by atoms with Gasteiger partial charge in [0.15, 0.2) is 0 Å². The molecule has 0 aliphatic carbocycles. The van der Waals surface area contributed by atoms with Crippen molar-refractivity contribution >= 4 is 17.3 Å². The quantitative estimate of drug-likeness (QED) is 0.793. The maximum Gasteiger partial charge on any atom is 0.138 e. The molecule has 1 heterocycles. The lowest BCUT2D eigenvalue weighted by Crippen LogP contribution is -2.19. The summed E-state index contributed by atoms with van der Waals surface area (Å²) in [6.07, 6.45) is 0.